The van der Waals surface area contributed by atoms with Crippen molar-refractivity contribution in [2.24, 2.45) is 23.5 Å². The molecule has 2 rings (SSSR count). The SMILES string of the molecule is CC1CC(C(=O)NCC2CCOC2)CCC1N. The van der Waals surface area contributed by atoms with E-state index in [4.69, 9.17) is 10.5 Å². The second kappa shape index (κ2) is 5.83. The highest BCUT2D eigenvalue weighted by Gasteiger charge is 2.29. The Labute approximate surface area is 103 Å². The molecule has 4 heteroatoms. The summed E-state index contributed by atoms with van der Waals surface area (Å²) in [6.07, 6.45) is 3.94. The minimum atomic E-state index is 0.173. The second-order valence-electron chi connectivity index (χ2n) is 5.63. The molecule has 2 aliphatic rings. The van der Waals surface area contributed by atoms with E-state index in [-0.39, 0.29) is 17.9 Å². The molecule has 0 aromatic carbocycles. The molecule has 98 valence electrons. The van der Waals surface area contributed by atoms with Crippen molar-refractivity contribution in [2.45, 2.75) is 38.6 Å². The number of amides is 1. The molecular formula is C13H24N2O2. The predicted octanol–water partition coefficient (Wildman–Crippen LogP) is 0.903. The zero-order valence-corrected chi connectivity index (χ0v) is 10.7. The lowest BCUT2D eigenvalue weighted by Gasteiger charge is -2.31. The van der Waals surface area contributed by atoms with E-state index in [0.717, 1.165) is 45.4 Å². The number of rotatable bonds is 3. The molecule has 1 aliphatic carbocycles. The van der Waals surface area contributed by atoms with Crippen molar-refractivity contribution < 1.29 is 9.53 Å². The lowest BCUT2D eigenvalue weighted by molar-refractivity contribution is -0.126. The quantitative estimate of drug-likeness (QED) is 0.770. The highest BCUT2D eigenvalue weighted by atomic mass is 16.5. The van der Waals surface area contributed by atoms with Crippen LogP contribution in [0.2, 0.25) is 0 Å². The van der Waals surface area contributed by atoms with Crippen LogP contribution in [0.3, 0.4) is 0 Å². The van der Waals surface area contributed by atoms with Gasteiger partial charge in [-0.05, 0) is 31.6 Å². The minimum Gasteiger partial charge on any atom is -0.381 e. The van der Waals surface area contributed by atoms with Gasteiger partial charge in [-0.25, -0.2) is 0 Å². The van der Waals surface area contributed by atoms with E-state index in [1.165, 1.54) is 0 Å². The fraction of sp³-hybridized carbons (Fsp3) is 0.923. The van der Waals surface area contributed by atoms with Crippen LogP contribution in [-0.4, -0.2) is 31.7 Å². The molecule has 0 bridgehead atoms. The van der Waals surface area contributed by atoms with Crippen LogP contribution in [0.1, 0.15) is 32.6 Å². The number of hydrogen-bond acceptors (Lipinski definition) is 3. The average Bonchev–Trinajstić information content (AvgIpc) is 2.82. The highest BCUT2D eigenvalue weighted by Crippen LogP contribution is 2.28. The maximum Gasteiger partial charge on any atom is 0.223 e. The lowest BCUT2D eigenvalue weighted by Crippen LogP contribution is -2.41. The van der Waals surface area contributed by atoms with Crippen LogP contribution in [-0.2, 0) is 9.53 Å². The van der Waals surface area contributed by atoms with E-state index >= 15 is 0 Å². The van der Waals surface area contributed by atoms with Crippen LogP contribution in [0.5, 0.6) is 0 Å². The third-order valence-electron chi connectivity index (χ3n) is 4.20. The first-order chi connectivity index (χ1) is 8.16. The van der Waals surface area contributed by atoms with Crippen molar-refractivity contribution in [3.63, 3.8) is 0 Å². The fourth-order valence-electron chi connectivity index (χ4n) is 2.79. The highest BCUT2D eigenvalue weighted by molar-refractivity contribution is 5.78. The molecule has 3 N–H and O–H groups in total. The van der Waals surface area contributed by atoms with Gasteiger partial charge < -0.3 is 15.8 Å². The molecule has 1 aliphatic heterocycles. The van der Waals surface area contributed by atoms with Crippen LogP contribution in [0.15, 0.2) is 0 Å². The monoisotopic (exact) mass is 240 g/mol. The summed E-state index contributed by atoms with van der Waals surface area (Å²) in [6, 6.07) is 0.280. The molecule has 17 heavy (non-hydrogen) atoms. The molecule has 4 atom stereocenters. The molecule has 1 amide bonds. The van der Waals surface area contributed by atoms with E-state index < -0.39 is 0 Å². The number of hydrogen-bond donors (Lipinski definition) is 2. The first-order valence-corrected chi connectivity index (χ1v) is 6.78. The maximum absolute atomic E-state index is 12.0. The molecule has 1 heterocycles. The van der Waals surface area contributed by atoms with Crippen LogP contribution < -0.4 is 11.1 Å². The van der Waals surface area contributed by atoms with Crippen LogP contribution in [0.25, 0.3) is 0 Å². The van der Waals surface area contributed by atoms with Gasteiger partial charge in [0.2, 0.25) is 5.91 Å². The number of nitrogens with two attached hydrogens (primary N) is 1. The number of carbonyl (C=O) groups excluding carboxylic acids is 1. The van der Waals surface area contributed by atoms with Crippen molar-refractivity contribution in [2.75, 3.05) is 19.8 Å². The van der Waals surface area contributed by atoms with Crippen molar-refractivity contribution in [3.05, 3.63) is 0 Å². The van der Waals surface area contributed by atoms with Crippen molar-refractivity contribution >= 4 is 5.91 Å². The molecule has 0 radical (unpaired) electrons. The smallest absolute Gasteiger partial charge is 0.223 e. The molecule has 4 nitrogen and oxygen atoms in total. The summed E-state index contributed by atoms with van der Waals surface area (Å²) in [4.78, 5) is 12.0. The largest absolute Gasteiger partial charge is 0.381 e. The summed E-state index contributed by atoms with van der Waals surface area (Å²) in [5, 5.41) is 3.07. The van der Waals surface area contributed by atoms with Crippen molar-refractivity contribution in [3.8, 4) is 0 Å². The van der Waals surface area contributed by atoms with Crippen molar-refractivity contribution in [1.82, 2.24) is 5.32 Å². The Morgan fingerprint density at radius 2 is 2.24 bits per heavy atom. The molecule has 1 saturated carbocycles. The maximum atomic E-state index is 12.0. The van der Waals surface area contributed by atoms with E-state index in [0.29, 0.717) is 11.8 Å². The van der Waals surface area contributed by atoms with E-state index in [2.05, 4.69) is 12.2 Å². The van der Waals surface area contributed by atoms with Gasteiger partial charge in [0.15, 0.2) is 0 Å². The van der Waals surface area contributed by atoms with E-state index in [9.17, 15) is 4.79 Å². The van der Waals surface area contributed by atoms with Gasteiger partial charge in [-0.15, -0.1) is 0 Å². The zero-order chi connectivity index (χ0) is 12.3. The Morgan fingerprint density at radius 1 is 1.41 bits per heavy atom. The van der Waals surface area contributed by atoms with Gasteiger partial charge >= 0.3 is 0 Å². The van der Waals surface area contributed by atoms with Crippen LogP contribution in [0.4, 0.5) is 0 Å². The summed E-state index contributed by atoms with van der Waals surface area (Å²) < 4.78 is 5.30. The summed E-state index contributed by atoms with van der Waals surface area (Å²) >= 11 is 0. The topological polar surface area (TPSA) is 64.3 Å². The Bertz CT molecular complexity index is 264. The van der Waals surface area contributed by atoms with Gasteiger partial charge in [-0.1, -0.05) is 6.92 Å². The third kappa shape index (κ3) is 3.42. The van der Waals surface area contributed by atoms with Gasteiger partial charge in [0.05, 0.1) is 6.61 Å². The normalized spacial score (nSPS) is 38.0. The molecule has 2 fully saturated rings. The minimum absolute atomic E-state index is 0.173. The summed E-state index contributed by atoms with van der Waals surface area (Å²) in [7, 11) is 0. The lowest BCUT2D eigenvalue weighted by atomic mass is 9.79. The van der Waals surface area contributed by atoms with Gasteiger partial charge in [-0.3, -0.25) is 4.79 Å². The van der Waals surface area contributed by atoms with Gasteiger partial charge in [0.1, 0.15) is 0 Å². The molecule has 0 aromatic heterocycles. The standard InChI is InChI=1S/C13H24N2O2/c1-9-6-11(2-3-12(9)14)13(16)15-7-10-4-5-17-8-10/h9-12H,2-8,14H2,1H3,(H,15,16). The third-order valence-corrected chi connectivity index (χ3v) is 4.20. The number of ether oxygens (including phenoxy) is 1. The zero-order valence-electron chi connectivity index (χ0n) is 10.7. The Balaban J connectivity index is 1.72. The molecular weight excluding hydrogens is 216 g/mol. The summed E-state index contributed by atoms with van der Waals surface area (Å²) in [6.45, 7) is 4.56. The first kappa shape index (κ1) is 12.8. The molecule has 0 aromatic rings. The number of nitrogens with one attached hydrogen (secondary N) is 1. The molecule has 1 saturated heterocycles. The molecule has 0 spiro atoms. The van der Waals surface area contributed by atoms with Gasteiger partial charge in [0.25, 0.3) is 0 Å². The van der Waals surface area contributed by atoms with E-state index in [1.54, 1.807) is 0 Å². The van der Waals surface area contributed by atoms with Crippen LogP contribution in [0, 0.1) is 17.8 Å². The van der Waals surface area contributed by atoms with Gasteiger partial charge in [0, 0.05) is 31.0 Å². The number of carbonyl (C=O) groups is 1. The molecule has 4 unspecified atom stereocenters. The summed E-state index contributed by atoms with van der Waals surface area (Å²) in [5.41, 5.74) is 5.97. The summed E-state index contributed by atoms with van der Waals surface area (Å²) in [5.74, 6) is 1.37. The average molecular weight is 240 g/mol. The second-order valence-corrected chi connectivity index (χ2v) is 5.63. The Hall–Kier alpha value is -0.610. The Morgan fingerprint density at radius 3 is 2.88 bits per heavy atom. The Kier molecular flexibility index (Phi) is 4.40. The van der Waals surface area contributed by atoms with Gasteiger partial charge in [-0.2, -0.15) is 0 Å². The predicted molar refractivity (Wildman–Crippen MR) is 66.4 cm³/mol. The van der Waals surface area contributed by atoms with Crippen LogP contribution >= 0.6 is 0 Å². The van der Waals surface area contributed by atoms with Crippen molar-refractivity contribution in [1.29, 1.82) is 0 Å². The first-order valence-electron chi connectivity index (χ1n) is 6.78. The fourth-order valence-corrected chi connectivity index (χ4v) is 2.79. The van der Waals surface area contributed by atoms with E-state index in [1.807, 2.05) is 0 Å².